The van der Waals surface area contributed by atoms with Gasteiger partial charge in [-0.1, -0.05) is 12.1 Å². The molecule has 0 bridgehead atoms. The van der Waals surface area contributed by atoms with E-state index in [1.807, 2.05) is 0 Å². The first-order valence-corrected chi connectivity index (χ1v) is 6.47. The van der Waals surface area contributed by atoms with E-state index in [4.69, 9.17) is 0 Å². The van der Waals surface area contributed by atoms with Gasteiger partial charge in [0.2, 0.25) is 0 Å². The van der Waals surface area contributed by atoms with E-state index in [0.717, 1.165) is 10.0 Å². The SMILES string of the molecule is O=C(NCc1ccc([N+](=O)[O-])cc1)c1cncc(Br)c1. The first-order chi connectivity index (χ1) is 9.56. The van der Waals surface area contributed by atoms with Crippen molar-refractivity contribution in [3.63, 3.8) is 0 Å². The molecule has 0 unspecified atom stereocenters. The predicted molar refractivity (Wildman–Crippen MR) is 76.2 cm³/mol. The number of hydrogen-bond acceptors (Lipinski definition) is 4. The highest BCUT2D eigenvalue weighted by Gasteiger charge is 2.07. The van der Waals surface area contributed by atoms with E-state index in [2.05, 4.69) is 26.2 Å². The lowest BCUT2D eigenvalue weighted by Gasteiger charge is -2.05. The maximum atomic E-state index is 11.9. The summed E-state index contributed by atoms with van der Waals surface area (Å²) < 4.78 is 0.723. The van der Waals surface area contributed by atoms with E-state index in [0.29, 0.717) is 12.1 Å². The summed E-state index contributed by atoms with van der Waals surface area (Å²) in [5.41, 5.74) is 1.25. The maximum Gasteiger partial charge on any atom is 0.269 e. The third-order valence-corrected chi connectivity index (χ3v) is 3.00. The van der Waals surface area contributed by atoms with Gasteiger partial charge in [-0.25, -0.2) is 0 Å². The normalized spacial score (nSPS) is 10.1. The molecule has 7 heteroatoms. The third kappa shape index (κ3) is 3.61. The standard InChI is InChI=1S/C13H10BrN3O3/c14-11-5-10(7-15-8-11)13(18)16-6-9-1-3-12(4-2-9)17(19)20/h1-5,7-8H,6H2,(H,16,18). The van der Waals surface area contributed by atoms with Gasteiger partial charge in [-0.3, -0.25) is 19.9 Å². The minimum Gasteiger partial charge on any atom is -0.348 e. The number of nitro groups is 1. The summed E-state index contributed by atoms with van der Waals surface area (Å²) >= 11 is 3.24. The zero-order valence-corrected chi connectivity index (χ0v) is 11.8. The van der Waals surface area contributed by atoms with Gasteiger partial charge in [0.1, 0.15) is 0 Å². The van der Waals surface area contributed by atoms with Crippen LogP contribution in [0.1, 0.15) is 15.9 Å². The summed E-state index contributed by atoms with van der Waals surface area (Å²) in [4.78, 5) is 25.8. The molecule has 0 radical (unpaired) electrons. The minimum absolute atomic E-state index is 0.0243. The average molecular weight is 336 g/mol. The van der Waals surface area contributed by atoms with Gasteiger partial charge in [-0.05, 0) is 27.6 Å². The van der Waals surface area contributed by atoms with Crippen LogP contribution in [-0.2, 0) is 6.54 Å². The van der Waals surface area contributed by atoms with Crippen LogP contribution in [0.5, 0.6) is 0 Å². The monoisotopic (exact) mass is 335 g/mol. The Kier molecular flexibility index (Phi) is 4.41. The Morgan fingerprint density at radius 1 is 1.30 bits per heavy atom. The lowest BCUT2D eigenvalue weighted by atomic mass is 10.2. The number of halogens is 1. The van der Waals surface area contributed by atoms with E-state index in [9.17, 15) is 14.9 Å². The Bertz CT molecular complexity index is 644. The number of aromatic nitrogens is 1. The summed E-state index contributed by atoms with van der Waals surface area (Å²) in [5, 5.41) is 13.2. The van der Waals surface area contributed by atoms with Crippen LogP contribution in [0.25, 0.3) is 0 Å². The summed E-state index contributed by atoms with van der Waals surface area (Å²) in [6.45, 7) is 0.295. The molecule has 6 nitrogen and oxygen atoms in total. The lowest BCUT2D eigenvalue weighted by molar-refractivity contribution is -0.384. The molecule has 1 aromatic carbocycles. The Labute approximate surface area is 123 Å². The van der Waals surface area contributed by atoms with Gasteiger partial charge in [0.05, 0.1) is 10.5 Å². The first-order valence-electron chi connectivity index (χ1n) is 5.68. The van der Waals surface area contributed by atoms with Crippen LogP contribution in [0.4, 0.5) is 5.69 Å². The smallest absolute Gasteiger partial charge is 0.269 e. The summed E-state index contributed by atoms with van der Waals surface area (Å²) in [7, 11) is 0. The molecule has 0 aliphatic carbocycles. The fraction of sp³-hybridized carbons (Fsp3) is 0.0769. The molecule has 0 spiro atoms. The Hall–Kier alpha value is -2.28. The number of nitrogens with zero attached hydrogens (tertiary/aromatic N) is 2. The van der Waals surface area contributed by atoms with Crippen LogP contribution in [-0.4, -0.2) is 15.8 Å². The van der Waals surface area contributed by atoms with Crippen LogP contribution in [0.15, 0.2) is 47.2 Å². The zero-order valence-electron chi connectivity index (χ0n) is 10.2. The molecule has 0 atom stereocenters. The van der Waals surface area contributed by atoms with Crippen molar-refractivity contribution in [3.05, 3.63) is 68.4 Å². The first kappa shape index (κ1) is 14.1. The molecule has 2 aromatic rings. The van der Waals surface area contributed by atoms with Gasteiger partial charge < -0.3 is 5.32 Å². The highest BCUT2D eigenvalue weighted by Crippen LogP contribution is 2.12. The quantitative estimate of drug-likeness (QED) is 0.687. The highest BCUT2D eigenvalue weighted by atomic mass is 79.9. The second-order valence-corrected chi connectivity index (χ2v) is 4.91. The van der Waals surface area contributed by atoms with Gasteiger partial charge in [0, 0.05) is 35.5 Å². The molecular formula is C13H10BrN3O3. The number of nitro benzene ring substituents is 1. The van der Waals surface area contributed by atoms with Crippen LogP contribution in [0.2, 0.25) is 0 Å². The molecule has 1 aromatic heterocycles. The predicted octanol–water partition coefficient (Wildman–Crippen LogP) is 2.68. The summed E-state index contributed by atoms with van der Waals surface area (Å²) in [6, 6.07) is 7.69. The van der Waals surface area contributed by atoms with Crippen LogP contribution in [0.3, 0.4) is 0 Å². The molecule has 1 amide bonds. The molecule has 0 saturated heterocycles. The van der Waals surface area contributed by atoms with Crippen LogP contribution >= 0.6 is 15.9 Å². The van der Waals surface area contributed by atoms with E-state index in [-0.39, 0.29) is 11.6 Å². The topological polar surface area (TPSA) is 85.1 Å². The molecule has 0 aliphatic heterocycles. The fourth-order valence-corrected chi connectivity index (χ4v) is 1.92. The Morgan fingerprint density at radius 2 is 2.00 bits per heavy atom. The van der Waals surface area contributed by atoms with Crippen molar-refractivity contribution in [1.82, 2.24) is 10.3 Å². The number of hydrogen-bond donors (Lipinski definition) is 1. The number of carbonyl (C=O) groups is 1. The number of rotatable bonds is 4. The van der Waals surface area contributed by atoms with Gasteiger partial charge in [-0.15, -0.1) is 0 Å². The van der Waals surface area contributed by atoms with E-state index >= 15 is 0 Å². The molecule has 102 valence electrons. The number of nitrogens with one attached hydrogen (secondary N) is 1. The van der Waals surface area contributed by atoms with Crippen molar-refractivity contribution in [2.45, 2.75) is 6.54 Å². The average Bonchev–Trinajstić information content (AvgIpc) is 2.45. The Morgan fingerprint density at radius 3 is 2.60 bits per heavy atom. The minimum atomic E-state index is -0.463. The molecular weight excluding hydrogens is 326 g/mol. The van der Waals surface area contributed by atoms with Crippen LogP contribution < -0.4 is 5.32 Å². The third-order valence-electron chi connectivity index (χ3n) is 2.57. The molecule has 1 heterocycles. The molecule has 0 saturated carbocycles. The number of amides is 1. The fourth-order valence-electron chi connectivity index (χ4n) is 1.56. The number of carbonyl (C=O) groups excluding carboxylic acids is 1. The zero-order chi connectivity index (χ0) is 14.5. The van der Waals surface area contributed by atoms with Crippen molar-refractivity contribution < 1.29 is 9.72 Å². The van der Waals surface area contributed by atoms with Crippen molar-refractivity contribution in [3.8, 4) is 0 Å². The van der Waals surface area contributed by atoms with Gasteiger partial charge in [-0.2, -0.15) is 0 Å². The molecule has 0 fully saturated rings. The number of non-ortho nitro benzene ring substituents is 1. The van der Waals surface area contributed by atoms with E-state index in [1.165, 1.54) is 18.3 Å². The highest BCUT2D eigenvalue weighted by molar-refractivity contribution is 9.10. The molecule has 1 N–H and O–H groups in total. The summed E-state index contributed by atoms with van der Waals surface area (Å²) in [5.74, 6) is -0.253. The van der Waals surface area contributed by atoms with Gasteiger partial charge >= 0.3 is 0 Å². The Balaban J connectivity index is 1.98. The van der Waals surface area contributed by atoms with Crippen LogP contribution in [0, 0.1) is 10.1 Å². The van der Waals surface area contributed by atoms with E-state index in [1.54, 1.807) is 24.4 Å². The maximum absolute atomic E-state index is 11.9. The largest absolute Gasteiger partial charge is 0.348 e. The van der Waals surface area contributed by atoms with Crippen molar-refractivity contribution >= 4 is 27.5 Å². The molecule has 2 rings (SSSR count). The van der Waals surface area contributed by atoms with Crippen molar-refractivity contribution in [2.24, 2.45) is 0 Å². The van der Waals surface area contributed by atoms with Gasteiger partial charge in [0.25, 0.3) is 11.6 Å². The summed E-state index contributed by atoms with van der Waals surface area (Å²) in [6.07, 6.45) is 3.06. The molecule has 0 aliphatic rings. The number of pyridine rings is 1. The molecule has 20 heavy (non-hydrogen) atoms. The van der Waals surface area contributed by atoms with Crippen molar-refractivity contribution in [2.75, 3.05) is 0 Å². The number of benzene rings is 1. The second-order valence-electron chi connectivity index (χ2n) is 4.00. The van der Waals surface area contributed by atoms with E-state index < -0.39 is 4.92 Å². The lowest BCUT2D eigenvalue weighted by Crippen LogP contribution is -2.22. The second kappa shape index (κ2) is 6.25. The van der Waals surface area contributed by atoms with Crippen molar-refractivity contribution in [1.29, 1.82) is 0 Å². The van der Waals surface area contributed by atoms with Gasteiger partial charge in [0.15, 0.2) is 0 Å².